The lowest BCUT2D eigenvalue weighted by molar-refractivity contribution is -0.139. The van der Waals surface area contributed by atoms with Gasteiger partial charge in [0.2, 0.25) is 5.91 Å². The third kappa shape index (κ3) is 4.65. The first-order chi connectivity index (χ1) is 16.0. The van der Waals surface area contributed by atoms with Gasteiger partial charge in [0.05, 0.1) is 29.7 Å². The highest BCUT2D eigenvalue weighted by molar-refractivity contribution is 5.80. The predicted octanol–water partition coefficient (Wildman–Crippen LogP) is 5.27. The van der Waals surface area contributed by atoms with Crippen molar-refractivity contribution in [3.63, 3.8) is 0 Å². The highest BCUT2D eigenvalue weighted by Crippen LogP contribution is 2.30. The van der Waals surface area contributed by atoms with E-state index in [-0.39, 0.29) is 23.4 Å². The molecule has 6 nitrogen and oxygen atoms in total. The van der Waals surface area contributed by atoms with Crippen molar-refractivity contribution in [1.82, 2.24) is 14.5 Å². The Morgan fingerprint density at radius 2 is 1.82 bits per heavy atom. The number of carbonyl (C=O) groups excluding carboxylic acids is 1. The van der Waals surface area contributed by atoms with Gasteiger partial charge in [0, 0.05) is 12.5 Å². The van der Waals surface area contributed by atoms with Crippen molar-refractivity contribution in [1.29, 1.82) is 0 Å². The van der Waals surface area contributed by atoms with Gasteiger partial charge in [-0.05, 0) is 62.6 Å². The normalized spacial score (nSPS) is 15.4. The van der Waals surface area contributed by atoms with Crippen LogP contribution in [0.3, 0.4) is 0 Å². The molecule has 3 aromatic rings. The Labute approximate surface area is 195 Å². The van der Waals surface area contributed by atoms with Crippen molar-refractivity contribution >= 4 is 16.8 Å². The molecular formula is C27H33N3O3. The lowest BCUT2D eigenvalue weighted by Crippen LogP contribution is -2.41. The van der Waals surface area contributed by atoms with E-state index in [1.165, 1.54) is 6.42 Å². The minimum absolute atomic E-state index is 0.0642. The summed E-state index contributed by atoms with van der Waals surface area (Å²) in [6, 6.07) is 14.5. The largest absolute Gasteiger partial charge is 0.497 e. The van der Waals surface area contributed by atoms with Crippen molar-refractivity contribution in [2.45, 2.75) is 58.4 Å². The number of amides is 1. The molecule has 6 heteroatoms. The van der Waals surface area contributed by atoms with Crippen molar-refractivity contribution in [2.24, 2.45) is 5.92 Å². The Balaban J connectivity index is 1.84. The predicted molar refractivity (Wildman–Crippen MR) is 131 cm³/mol. The van der Waals surface area contributed by atoms with Crippen LogP contribution in [0.25, 0.3) is 16.6 Å². The molecule has 0 radical (unpaired) electrons. The fourth-order valence-corrected chi connectivity index (χ4v) is 4.87. The number of benzene rings is 2. The average molecular weight is 448 g/mol. The van der Waals surface area contributed by atoms with Gasteiger partial charge in [-0.2, -0.15) is 0 Å². The third-order valence-corrected chi connectivity index (χ3v) is 6.68. The van der Waals surface area contributed by atoms with Crippen LogP contribution in [0.1, 0.15) is 64.2 Å². The number of hydrogen-bond acceptors (Lipinski definition) is 4. The molecule has 2 aromatic carbocycles. The van der Waals surface area contributed by atoms with Crippen LogP contribution in [0, 0.1) is 5.92 Å². The summed E-state index contributed by atoms with van der Waals surface area (Å²) in [6.45, 7) is 4.72. The van der Waals surface area contributed by atoms with Crippen LogP contribution in [0.15, 0.2) is 53.3 Å². The number of methoxy groups -OCH3 is 1. The Morgan fingerprint density at radius 1 is 1.12 bits per heavy atom. The van der Waals surface area contributed by atoms with Crippen LogP contribution in [0.2, 0.25) is 0 Å². The van der Waals surface area contributed by atoms with Gasteiger partial charge in [-0.1, -0.05) is 38.3 Å². The van der Waals surface area contributed by atoms with Crippen molar-refractivity contribution < 1.29 is 9.53 Å². The maximum atomic E-state index is 13.6. The summed E-state index contributed by atoms with van der Waals surface area (Å²) < 4.78 is 6.95. The van der Waals surface area contributed by atoms with Gasteiger partial charge in [0.1, 0.15) is 11.6 Å². The zero-order valence-electron chi connectivity index (χ0n) is 19.8. The molecular weight excluding hydrogens is 414 g/mol. The molecule has 1 aliphatic rings. The van der Waals surface area contributed by atoms with E-state index in [4.69, 9.17) is 9.72 Å². The number of hydrogen-bond donors (Lipinski definition) is 0. The minimum Gasteiger partial charge on any atom is -0.497 e. The molecule has 1 aliphatic carbocycles. The van der Waals surface area contributed by atoms with E-state index in [0.29, 0.717) is 29.0 Å². The topological polar surface area (TPSA) is 64.4 Å². The van der Waals surface area contributed by atoms with Gasteiger partial charge < -0.3 is 9.64 Å². The van der Waals surface area contributed by atoms with E-state index in [1.54, 1.807) is 17.7 Å². The standard InChI is InChI=1S/C27H33N3O3/c1-4-18-29(26(31)20-10-6-5-7-11-20)19(2)25-28-24-13-9-8-12-23(24)27(32)30(25)21-14-16-22(33-3)17-15-21/h8-9,12-17,19-20H,4-7,10-11,18H2,1-3H3. The minimum atomic E-state index is -0.334. The molecule has 1 saturated carbocycles. The van der Waals surface area contributed by atoms with Crippen LogP contribution >= 0.6 is 0 Å². The summed E-state index contributed by atoms with van der Waals surface area (Å²) in [5.74, 6) is 1.55. The van der Waals surface area contributed by atoms with Crippen LogP contribution in [0.5, 0.6) is 5.75 Å². The number of ether oxygens (including phenoxy) is 1. The molecule has 1 unspecified atom stereocenters. The average Bonchev–Trinajstić information content (AvgIpc) is 2.87. The molecule has 1 aromatic heterocycles. The number of fused-ring (bicyclic) bond motifs is 1. The van der Waals surface area contributed by atoms with Crippen LogP contribution in [-0.2, 0) is 4.79 Å². The van der Waals surface area contributed by atoms with Crippen molar-refractivity contribution in [2.75, 3.05) is 13.7 Å². The molecule has 1 heterocycles. The number of rotatable bonds is 7. The second-order valence-corrected chi connectivity index (χ2v) is 8.87. The van der Waals surface area contributed by atoms with Crippen LogP contribution in [-0.4, -0.2) is 34.0 Å². The van der Waals surface area contributed by atoms with Gasteiger partial charge in [-0.3, -0.25) is 14.2 Å². The Kier molecular flexibility index (Phi) is 7.11. The van der Waals surface area contributed by atoms with Crippen LogP contribution < -0.4 is 10.3 Å². The Bertz CT molecular complexity index is 1160. The number of carbonyl (C=O) groups is 1. The lowest BCUT2D eigenvalue weighted by Gasteiger charge is -2.34. The highest BCUT2D eigenvalue weighted by atomic mass is 16.5. The maximum absolute atomic E-state index is 13.6. The first kappa shape index (κ1) is 23.0. The molecule has 33 heavy (non-hydrogen) atoms. The second-order valence-electron chi connectivity index (χ2n) is 8.87. The SMILES string of the molecule is CCCN(C(=O)C1CCCCC1)C(C)c1nc2ccccc2c(=O)n1-c1ccc(OC)cc1. The second kappa shape index (κ2) is 10.2. The van der Waals surface area contributed by atoms with E-state index in [9.17, 15) is 9.59 Å². The zero-order valence-corrected chi connectivity index (χ0v) is 19.8. The fourth-order valence-electron chi connectivity index (χ4n) is 4.87. The van der Waals surface area contributed by atoms with Gasteiger partial charge in [-0.15, -0.1) is 0 Å². The lowest BCUT2D eigenvalue weighted by atomic mass is 9.88. The molecule has 4 rings (SSSR count). The van der Waals surface area contributed by atoms with Crippen LogP contribution in [0.4, 0.5) is 0 Å². The molecule has 174 valence electrons. The van der Waals surface area contributed by atoms with E-state index in [2.05, 4.69) is 6.92 Å². The molecule has 1 atom stereocenters. The van der Waals surface area contributed by atoms with Gasteiger partial charge >= 0.3 is 0 Å². The summed E-state index contributed by atoms with van der Waals surface area (Å²) in [4.78, 5) is 34.1. The summed E-state index contributed by atoms with van der Waals surface area (Å²) >= 11 is 0. The van der Waals surface area contributed by atoms with Gasteiger partial charge in [-0.25, -0.2) is 4.98 Å². The first-order valence-corrected chi connectivity index (χ1v) is 12.0. The summed E-state index contributed by atoms with van der Waals surface area (Å²) in [5, 5.41) is 0.560. The first-order valence-electron chi connectivity index (χ1n) is 12.0. The van der Waals surface area contributed by atoms with E-state index >= 15 is 0 Å². The van der Waals surface area contributed by atoms with E-state index < -0.39 is 0 Å². The number of aromatic nitrogens is 2. The third-order valence-electron chi connectivity index (χ3n) is 6.68. The molecule has 0 aliphatic heterocycles. The molecule has 0 saturated heterocycles. The zero-order chi connectivity index (χ0) is 23.4. The number of nitrogens with zero attached hydrogens (tertiary/aromatic N) is 3. The smallest absolute Gasteiger partial charge is 0.266 e. The highest BCUT2D eigenvalue weighted by Gasteiger charge is 2.31. The summed E-state index contributed by atoms with van der Waals surface area (Å²) in [5.41, 5.74) is 1.23. The molecule has 0 spiro atoms. The van der Waals surface area contributed by atoms with Gasteiger partial charge in [0.25, 0.3) is 5.56 Å². The molecule has 0 bridgehead atoms. The molecule has 1 fully saturated rings. The molecule has 1 amide bonds. The van der Waals surface area contributed by atoms with Gasteiger partial charge in [0.15, 0.2) is 0 Å². The quantitative estimate of drug-likeness (QED) is 0.495. The van der Waals surface area contributed by atoms with Crippen molar-refractivity contribution in [3.05, 3.63) is 64.7 Å². The summed E-state index contributed by atoms with van der Waals surface area (Å²) in [6.07, 6.45) is 6.16. The van der Waals surface area contributed by atoms with E-state index in [1.807, 2.05) is 54.3 Å². The maximum Gasteiger partial charge on any atom is 0.266 e. The van der Waals surface area contributed by atoms with Crippen molar-refractivity contribution in [3.8, 4) is 11.4 Å². The number of para-hydroxylation sites is 1. The molecule has 0 N–H and O–H groups in total. The monoisotopic (exact) mass is 447 g/mol. The Hall–Kier alpha value is -3.15. The fraction of sp³-hybridized carbons (Fsp3) is 0.444. The Morgan fingerprint density at radius 3 is 2.48 bits per heavy atom. The van der Waals surface area contributed by atoms with E-state index in [0.717, 1.165) is 37.9 Å². The summed E-state index contributed by atoms with van der Waals surface area (Å²) in [7, 11) is 1.62.